The fraction of sp³-hybridized carbons (Fsp3) is 0.444. The monoisotopic (exact) mass is 288 g/mol. The minimum absolute atomic E-state index is 0.134. The lowest BCUT2D eigenvalue weighted by atomic mass is 9.71. The summed E-state index contributed by atoms with van der Waals surface area (Å²) in [7, 11) is 0. The summed E-state index contributed by atoms with van der Waals surface area (Å²) >= 11 is 0. The number of halogens is 2. The number of fused-ring (bicyclic) bond motifs is 4. The standard InChI is InChI=1S/C18H18F2O/c1-18-7-6-13(19)10-12(18)8-11-9-16(20)14-4-2-3-5-15(14)17(11)21-18/h2-5,9,12-13H,6-8,10H2,1H3/t12-,13-,18-/m1/s1. The van der Waals surface area contributed by atoms with E-state index in [0.717, 1.165) is 23.1 Å². The van der Waals surface area contributed by atoms with Crippen molar-refractivity contribution in [2.45, 2.75) is 44.4 Å². The van der Waals surface area contributed by atoms with Crippen LogP contribution in [0.1, 0.15) is 31.7 Å². The smallest absolute Gasteiger partial charge is 0.131 e. The van der Waals surface area contributed by atoms with E-state index in [2.05, 4.69) is 6.92 Å². The van der Waals surface area contributed by atoms with Gasteiger partial charge in [-0.15, -0.1) is 0 Å². The molecular weight excluding hydrogens is 270 g/mol. The highest BCUT2D eigenvalue weighted by atomic mass is 19.1. The fourth-order valence-electron chi connectivity index (χ4n) is 3.89. The molecule has 0 spiro atoms. The van der Waals surface area contributed by atoms with E-state index in [0.29, 0.717) is 24.6 Å². The van der Waals surface area contributed by atoms with Gasteiger partial charge in [0.2, 0.25) is 0 Å². The summed E-state index contributed by atoms with van der Waals surface area (Å²) in [6.45, 7) is 2.07. The summed E-state index contributed by atoms with van der Waals surface area (Å²) in [4.78, 5) is 0. The third kappa shape index (κ3) is 1.94. The Bertz CT molecular complexity index is 712. The molecule has 1 heterocycles. The highest BCUT2D eigenvalue weighted by Gasteiger charge is 2.45. The number of hydrogen-bond donors (Lipinski definition) is 0. The SMILES string of the molecule is C[C@@]12CC[C@@H](F)C[C@H]1Cc1cc(F)c3ccccc3c1O2. The Labute approximate surface area is 122 Å². The zero-order valence-electron chi connectivity index (χ0n) is 12.0. The Hall–Kier alpha value is -1.64. The van der Waals surface area contributed by atoms with Crippen LogP contribution in [-0.2, 0) is 6.42 Å². The Kier molecular flexibility index (Phi) is 2.75. The maximum atomic E-state index is 14.2. The van der Waals surface area contributed by atoms with Gasteiger partial charge in [0.05, 0.1) is 0 Å². The van der Waals surface area contributed by atoms with Gasteiger partial charge in [-0.2, -0.15) is 0 Å². The molecule has 1 saturated carbocycles. The number of alkyl halides is 1. The van der Waals surface area contributed by atoms with Gasteiger partial charge in [-0.3, -0.25) is 0 Å². The lowest BCUT2D eigenvalue weighted by molar-refractivity contribution is -0.0412. The highest BCUT2D eigenvalue weighted by Crippen LogP contribution is 2.48. The van der Waals surface area contributed by atoms with Gasteiger partial charge >= 0.3 is 0 Å². The van der Waals surface area contributed by atoms with E-state index in [4.69, 9.17) is 4.74 Å². The fourth-order valence-corrected chi connectivity index (χ4v) is 3.89. The van der Waals surface area contributed by atoms with Crippen LogP contribution in [0.3, 0.4) is 0 Å². The lowest BCUT2D eigenvalue weighted by Gasteiger charge is -2.46. The zero-order chi connectivity index (χ0) is 14.6. The van der Waals surface area contributed by atoms with Gasteiger partial charge in [-0.25, -0.2) is 8.78 Å². The Morgan fingerprint density at radius 3 is 2.81 bits per heavy atom. The van der Waals surface area contributed by atoms with Crippen LogP contribution >= 0.6 is 0 Å². The molecule has 0 aromatic heterocycles. The van der Waals surface area contributed by atoms with Crippen LogP contribution in [-0.4, -0.2) is 11.8 Å². The quantitative estimate of drug-likeness (QED) is 0.676. The van der Waals surface area contributed by atoms with Gasteiger partial charge in [0, 0.05) is 16.7 Å². The number of ether oxygens (including phenoxy) is 1. The van der Waals surface area contributed by atoms with Crippen molar-refractivity contribution in [2.24, 2.45) is 5.92 Å². The normalized spacial score (nSPS) is 31.4. The summed E-state index contributed by atoms with van der Waals surface area (Å²) in [5.41, 5.74) is 0.554. The maximum absolute atomic E-state index is 14.2. The molecule has 4 rings (SSSR count). The number of hydrogen-bond acceptors (Lipinski definition) is 1. The zero-order valence-corrected chi connectivity index (χ0v) is 12.0. The highest BCUT2D eigenvalue weighted by molar-refractivity contribution is 5.90. The maximum Gasteiger partial charge on any atom is 0.131 e. The predicted molar refractivity (Wildman–Crippen MR) is 78.9 cm³/mol. The molecular formula is C18H18F2O. The second-order valence-corrected chi connectivity index (χ2v) is 6.58. The van der Waals surface area contributed by atoms with Crippen LogP contribution in [0.5, 0.6) is 5.75 Å². The molecule has 0 amide bonds. The van der Waals surface area contributed by atoms with Crippen LogP contribution in [0.4, 0.5) is 8.78 Å². The van der Waals surface area contributed by atoms with Gasteiger partial charge in [0.1, 0.15) is 23.3 Å². The van der Waals surface area contributed by atoms with Gasteiger partial charge in [-0.05, 0) is 44.2 Å². The molecule has 2 aromatic rings. The van der Waals surface area contributed by atoms with Crippen molar-refractivity contribution >= 4 is 10.8 Å². The van der Waals surface area contributed by atoms with E-state index < -0.39 is 6.17 Å². The summed E-state index contributed by atoms with van der Waals surface area (Å²) < 4.78 is 34.3. The first-order chi connectivity index (χ1) is 10.1. The van der Waals surface area contributed by atoms with Gasteiger partial charge in [0.15, 0.2) is 0 Å². The first-order valence-corrected chi connectivity index (χ1v) is 7.60. The van der Waals surface area contributed by atoms with Crippen LogP contribution < -0.4 is 4.74 Å². The van der Waals surface area contributed by atoms with Gasteiger partial charge in [-0.1, -0.05) is 24.3 Å². The first kappa shape index (κ1) is 13.1. The van der Waals surface area contributed by atoms with Crippen molar-refractivity contribution < 1.29 is 13.5 Å². The molecule has 1 nitrogen and oxygen atoms in total. The van der Waals surface area contributed by atoms with Crippen molar-refractivity contribution in [3.8, 4) is 5.75 Å². The van der Waals surface area contributed by atoms with E-state index in [9.17, 15) is 8.78 Å². The second kappa shape index (κ2) is 4.43. The Morgan fingerprint density at radius 1 is 1.24 bits per heavy atom. The van der Waals surface area contributed by atoms with E-state index in [-0.39, 0.29) is 17.3 Å². The van der Waals surface area contributed by atoms with Crippen LogP contribution in [0.2, 0.25) is 0 Å². The molecule has 0 unspecified atom stereocenters. The van der Waals surface area contributed by atoms with Crippen LogP contribution in [0, 0.1) is 11.7 Å². The van der Waals surface area contributed by atoms with E-state index in [1.807, 2.05) is 18.2 Å². The largest absolute Gasteiger partial charge is 0.486 e. The number of benzene rings is 2. The topological polar surface area (TPSA) is 9.23 Å². The third-order valence-electron chi connectivity index (χ3n) is 5.18. The second-order valence-electron chi connectivity index (χ2n) is 6.58. The molecule has 0 N–H and O–H groups in total. The summed E-state index contributed by atoms with van der Waals surface area (Å²) in [5.74, 6) is 0.710. The summed E-state index contributed by atoms with van der Waals surface area (Å²) in [5, 5.41) is 1.42. The van der Waals surface area contributed by atoms with Crippen molar-refractivity contribution in [1.29, 1.82) is 0 Å². The van der Waals surface area contributed by atoms with Crippen molar-refractivity contribution in [3.05, 3.63) is 41.7 Å². The van der Waals surface area contributed by atoms with Crippen LogP contribution in [0.15, 0.2) is 30.3 Å². The van der Waals surface area contributed by atoms with Crippen molar-refractivity contribution in [3.63, 3.8) is 0 Å². The molecule has 3 heteroatoms. The molecule has 0 saturated heterocycles. The summed E-state index contributed by atoms with van der Waals surface area (Å²) in [6, 6.07) is 8.99. The molecule has 110 valence electrons. The van der Waals surface area contributed by atoms with Crippen molar-refractivity contribution in [1.82, 2.24) is 0 Å². The Morgan fingerprint density at radius 2 is 2.00 bits per heavy atom. The average Bonchev–Trinajstić information content (AvgIpc) is 2.47. The Balaban J connectivity index is 1.88. The molecule has 1 aliphatic carbocycles. The van der Waals surface area contributed by atoms with E-state index in [1.165, 1.54) is 0 Å². The molecule has 0 radical (unpaired) electrons. The first-order valence-electron chi connectivity index (χ1n) is 7.60. The molecule has 1 aliphatic heterocycles. The molecule has 2 aliphatic rings. The molecule has 3 atom stereocenters. The minimum atomic E-state index is -0.751. The summed E-state index contributed by atoms with van der Waals surface area (Å²) in [6.07, 6.45) is 1.75. The van der Waals surface area contributed by atoms with E-state index in [1.54, 1.807) is 12.1 Å². The third-order valence-corrected chi connectivity index (χ3v) is 5.18. The number of rotatable bonds is 0. The molecule has 0 bridgehead atoms. The average molecular weight is 288 g/mol. The minimum Gasteiger partial charge on any atom is -0.486 e. The predicted octanol–water partition coefficient (Wildman–Crippen LogP) is 4.81. The van der Waals surface area contributed by atoms with Crippen LogP contribution in [0.25, 0.3) is 10.8 Å². The molecule has 2 aromatic carbocycles. The van der Waals surface area contributed by atoms with Crippen molar-refractivity contribution in [2.75, 3.05) is 0 Å². The van der Waals surface area contributed by atoms with E-state index >= 15 is 0 Å². The molecule has 1 fully saturated rings. The molecule has 21 heavy (non-hydrogen) atoms. The van der Waals surface area contributed by atoms with Gasteiger partial charge < -0.3 is 4.74 Å². The lowest BCUT2D eigenvalue weighted by Crippen LogP contribution is -2.49. The van der Waals surface area contributed by atoms with Gasteiger partial charge in [0.25, 0.3) is 0 Å².